The van der Waals surface area contributed by atoms with Gasteiger partial charge in [0.1, 0.15) is 0 Å². The van der Waals surface area contributed by atoms with E-state index in [0.717, 1.165) is 49.3 Å². The topological polar surface area (TPSA) is 70.7 Å². The number of ether oxygens (including phenoxy) is 1. The summed E-state index contributed by atoms with van der Waals surface area (Å²) in [5.74, 6) is 0.633. The fourth-order valence-corrected chi connectivity index (χ4v) is 4.26. The molecule has 1 aliphatic heterocycles. The lowest BCUT2D eigenvalue weighted by atomic mass is 9.93. The Balaban J connectivity index is 1.53. The van der Waals surface area contributed by atoms with Gasteiger partial charge in [0, 0.05) is 43.9 Å². The molecule has 0 spiro atoms. The lowest BCUT2D eigenvalue weighted by molar-refractivity contribution is -0.125. The SMILES string of the molecule is COCCN1CC(C(=O)Nc2ccccc2[C@H](NC(=O)C2CC2)c2ccc(C(C)C)cc2)C1. The Labute approximate surface area is 196 Å². The van der Waals surface area contributed by atoms with E-state index in [0.29, 0.717) is 12.5 Å². The predicted molar refractivity (Wildman–Crippen MR) is 130 cm³/mol. The predicted octanol–water partition coefficient (Wildman–Crippen LogP) is 3.94. The number of carbonyl (C=O) groups excluding carboxylic acids is 2. The summed E-state index contributed by atoms with van der Waals surface area (Å²) in [7, 11) is 1.69. The van der Waals surface area contributed by atoms with Gasteiger partial charge in [-0.25, -0.2) is 0 Å². The molecule has 2 amide bonds. The van der Waals surface area contributed by atoms with Crippen LogP contribution in [-0.4, -0.2) is 50.1 Å². The molecule has 4 rings (SSSR count). The van der Waals surface area contributed by atoms with Crippen molar-refractivity contribution in [1.29, 1.82) is 0 Å². The molecular weight excluding hydrogens is 414 g/mol. The number of para-hydroxylation sites is 1. The van der Waals surface area contributed by atoms with Crippen LogP contribution in [-0.2, 0) is 14.3 Å². The third-order valence-electron chi connectivity index (χ3n) is 6.64. The molecule has 33 heavy (non-hydrogen) atoms. The van der Waals surface area contributed by atoms with E-state index in [-0.39, 0.29) is 29.7 Å². The lowest BCUT2D eigenvalue weighted by Gasteiger charge is -2.38. The van der Waals surface area contributed by atoms with Crippen molar-refractivity contribution in [3.05, 3.63) is 65.2 Å². The summed E-state index contributed by atoms with van der Waals surface area (Å²) in [6.07, 6.45) is 1.90. The first kappa shape index (κ1) is 23.5. The summed E-state index contributed by atoms with van der Waals surface area (Å²) < 4.78 is 5.12. The first-order chi connectivity index (χ1) is 16.0. The van der Waals surface area contributed by atoms with E-state index in [1.807, 2.05) is 24.3 Å². The smallest absolute Gasteiger partial charge is 0.230 e. The van der Waals surface area contributed by atoms with Gasteiger partial charge in [0.15, 0.2) is 0 Å². The Kier molecular flexibility index (Phi) is 7.46. The van der Waals surface area contributed by atoms with Crippen LogP contribution < -0.4 is 10.6 Å². The van der Waals surface area contributed by atoms with Crippen molar-refractivity contribution in [2.45, 2.75) is 38.6 Å². The highest BCUT2D eigenvalue weighted by Gasteiger charge is 2.34. The molecule has 1 aliphatic carbocycles. The van der Waals surface area contributed by atoms with Gasteiger partial charge in [-0.2, -0.15) is 0 Å². The molecule has 1 saturated carbocycles. The summed E-state index contributed by atoms with van der Waals surface area (Å²) in [4.78, 5) is 27.9. The van der Waals surface area contributed by atoms with Crippen LogP contribution >= 0.6 is 0 Å². The van der Waals surface area contributed by atoms with Crippen LogP contribution in [0.15, 0.2) is 48.5 Å². The zero-order valence-corrected chi connectivity index (χ0v) is 19.8. The number of amides is 2. The van der Waals surface area contributed by atoms with E-state index >= 15 is 0 Å². The molecule has 2 N–H and O–H groups in total. The highest BCUT2D eigenvalue weighted by Crippen LogP contribution is 2.34. The van der Waals surface area contributed by atoms with Gasteiger partial charge < -0.3 is 15.4 Å². The summed E-state index contributed by atoms with van der Waals surface area (Å²) in [6, 6.07) is 15.9. The highest BCUT2D eigenvalue weighted by atomic mass is 16.5. The molecule has 0 bridgehead atoms. The van der Waals surface area contributed by atoms with Crippen molar-refractivity contribution in [2.24, 2.45) is 11.8 Å². The summed E-state index contributed by atoms with van der Waals surface area (Å²) in [5, 5.41) is 6.39. The maximum absolute atomic E-state index is 12.9. The van der Waals surface area contributed by atoms with Crippen molar-refractivity contribution in [3.8, 4) is 0 Å². The maximum atomic E-state index is 12.9. The number of carbonyl (C=O) groups is 2. The fraction of sp³-hybridized carbons (Fsp3) is 0.481. The van der Waals surface area contributed by atoms with E-state index in [1.54, 1.807) is 7.11 Å². The van der Waals surface area contributed by atoms with Gasteiger partial charge in [-0.15, -0.1) is 0 Å². The summed E-state index contributed by atoms with van der Waals surface area (Å²) in [6.45, 7) is 7.35. The van der Waals surface area contributed by atoms with Crippen molar-refractivity contribution < 1.29 is 14.3 Å². The molecule has 6 heteroatoms. The molecule has 2 aliphatic rings. The zero-order valence-electron chi connectivity index (χ0n) is 19.8. The largest absolute Gasteiger partial charge is 0.383 e. The molecular formula is C27H35N3O3. The summed E-state index contributed by atoms with van der Waals surface area (Å²) >= 11 is 0. The van der Waals surface area contributed by atoms with Gasteiger partial charge in [0.05, 0.1) is 18.6 Å². The van der Waals surface area contributed by atoms with E-state index in [4.69, 9.17) is 4.74 Å². The molecule has 1 saturated heterocycles. The highest BCUT2D eigenvalue weighted by molar-refractivity contribution is 5.94. The standard InChI is InChI=1S/C27H35N3O3/c1-18(2)19-8-10-20(11-9-19)25(29-26(31)21-12-13-21)23-6-4-5-7-24(23)28-27(32)22-16-30(17-22)14-15-33-3/h4-11,18,21-22,25H,12-17H2,1-3H3,(H,28,32)(H,29,31)/t25-/m1/s1. The number of nitrogens with one attached hydrogen (secondary N) is 2. The van der Waals surface area contributed by atoms with Gasteiger partial charge in [0.25, 0.3) is 0 Å². The molecule has 0 aromatic heterocycles. The molecule has 1 atom stereocenters. The summed E-state index contributed by atoms with van der Waals surface area (Å²) in [5.41, 5.74) is 3.94. The minimum atomic E-state index is -0.310. The van der Waals surface area contributed by atoms with Crippen molar-refractivity contribution in [2.75, 3.05) is 38.7 Å². The minimum absolute atomic E-state index is 0.0264. The Hall–Kier alpha value is -2.70. The van der Waals surface area contributed by atoms with Crippen LogP contribution in [0.3, 0.4) is 0 Å². The normalized spacial score (nSPS) is 17.5. The van der Waals surface area contributed by atoms with E-state index in [1.165, 1.54) is 5.56 Å². The number of nitrogens with zero attached hydrogens (tertiary/aromatic N) is 1. The molecule has 6 nitrogen and oxygen atoms in total. The number of benzene rings is 2. The second kappa shape index (κ2) is 10.5. The average molecular weight is 450 g/mol. The van der Waals surface area contributed by atoms with Gasteiger partial charge >= 0.3 is 0 Å². The Morgan fingerprint density at radius 2 is 1.64 bits per heavy atom. The molecule has 2 fully saturated rings. The third-order valence-corrected chi connectivity index (χ3v) is 6.64. The number of hydrogen-bond acceptors (Lipinski definition) is 4. The maximum Gasteiger partial charge on any atom is 0.230 e. The van der Waals surface area contributed by atoms with Crippen LogP contribution in [0.25, 0.3) is 0 Å². The second-order valence-corrected chi connectivity index (χ2v) is 9.56. The van der Waals surface area contributed by atoms with Gasteiger partial charge in [0.2, 0.25) is 11.8 Å². The molecule has 176 valence electrons. The Bertz CT molecular complexity index is 963. The number of methoxy groups -OCH3 is 1. The molecule has 2 aromatic carbocycles. The number of rotatable bonds is 10. The number of anilines is 1. The van der Waals surface area contributed by atoms with Crippen LogP contribution in [0.2, 0.25) is 0 Å². The van der Waals surface area contributed by atoms with Crippen molar-refractivity contribution >= 4 is 17.5 Å². The number of likely N-dealkylation sites (tertiary alicyclic amines) is 1. The molecule has 2 aromatic rings. The molecule has 0 radical (unpaired) electrons. The van der Waals surface area contributed by atoms with Crippen LogP contribution in [0.5, 0.6) is 0 Å². The van der Waals surface area contributed by atoms with Gasteiger partial charge in [-0.1, -0.05) is 56.3 Å². The van der Waals surface area contributed by atoms with Crippen molar-refractivity contribution in [3.63, 3.8) is 0 Å². The van der Waals surface area contributed by atoms with Crippen LogP contribution in [0.4, 0.5) is 5.69 Å². The molecule has 0 unspecified atom stereocenters. The van der Waals surface area contributed by atoms with Crippen LogP contribution in [0, 0.1) is 11.8 Å². The van der Waals surface area contributed by atoms with Gasteiger partial charge in [-0.3, -0.25) is 14.5 Å². The lowest BCUT2D eigenvalue weighted by Crippen LogP contribution is -2.52. The number of hydrogen-bond donors (Lipinski definition) is 2. The molecule has 1 heterocycles. The average Bonchev–Trinajstić information content (AvgIpc) is 3.63. The monoisotopic (exact) mass is 449 g/mol. The quantitative estimate of drug-likeness (QED) is 0.576. The Morgan fingerprint density at radius 3 is 2.27 bits per heavy atom. The second-order valence-electron chi connectivity index (χ2n) is 9.56. The van der Waals surface area contributed by atoms with Gasteiger partial charge in [-0.05, 0) is 36.0 Å². The van der Waals surface area contributed by atoms with E-state index < -0.39 is 0 Å². The van der Waals surface area contributed by atoms with E-state index in [2.05, 4.69) is 53.6 Å². The zero-order chi connectivity index (χ0) is 23.4. The fourth-order valence-electron chi connectivity index (χ4n) is 4.26. The first-order valence-corrected chi connectivity index (χ1v) is 12.0. The van der Waals surface area contributed by atoms with Crippen LogP contribution in [0.1, 0.15) is 55.3 Å². The third kappa shape index (κ3) is 5.81. The minimum Gasteiger partial charge on any atom is -0.383 e. The first-order valence-electron chi connectivity index (χ1n) is 12.0. The van der Waals surface area contributed by atoms with E-state index in [9.17, 15) is 9.59 Å². The Morgan fingerprint density at radius 1 is 0.970 bits per heavy atom. The van der Waals surface area contributed by atoms with Crippen molar-refractivity contribution in [1.82, 2.24) is 10.2 Å².